The van der Waals surface area contributed by atoms with E-state index in [0.29, 0.717) is 23.7 Å². The molecule has 1 aliphatic rings. The molecule has 2 amide bonds. The Hall–Kier alpha value is -3.22. The zero-order valence-corrected chi connectivity index (χ0v) is 15.0. The van der Waals surface area contributed by atoms with Crippen molar-refractivity contribution in [3.05, 3.63) is 54.1 Å². The molecule has 2 aromatic carbocycles. The molecule has 0 unspecified atom stereocenters. The molecule has 0 spiro atoms. The number of rotatable bonds is 5. The molecular formula is C20H24N4O3. The third kappa shape index (κ3) is 4.91. The van der Waals surface area contributed by atoms with Gasteiger partial charge >= 0.3 is 6.09 Å². The van der Waals surface area contributed by atoms with Crippen LogP contribution in [0.4, 0.5) is 21.9 Å². The number of carbonyl (C=O) groups is 2. The Labute approximate surface area is 158 Å². The number of carboxylic acid groups (broad SMARTS) is 1. The number of carbonyl (C=O) groups excluding carboxylic acids is 1. The predicted octanol–water partition coefficient (Wildman–Crippen LogP) is 3.01. The lowest BCUT2D eigenvalue weighted by Crippen LogP contribution is -2.38. The zero-order valence-electron chi connectivity index (χ0n) is 15.0. The van der Waals surface area contributed by atoms with Gasteiger partial charge < -0.3 is 26.4 Å². The molecule has 2 aromatic rings. The second-order valence-corrected chi connectivity index (χ2v) is 6.71. The number of hydrogen-bond donors (Lipinski definition) is 4. The second kappa shape index (κ2) is 8.44. The molecule has 0 aliphatic carbocycles. The summed E-state index contributed by atoms with van der Waals surface area (Å²) in [5.41, 5.74) is 8.92. The molecule has 7 nitrogen and oxygen atoms in total. The van der Waals surface area contributed by atoms with Gasteiger partial charge in [-0.25, -0.2) is 4.79 Å². The highest BCUT2D eigenvalue weighted by atomic mass is 16.4. The van der Waals surface area contributed by atoms with Crippen molar-refractivity contribution in [2.24, 2.45) is 5.92 Å². The Bertz CT molecular complexity index is 802. The minimum absolute atomic E-state index is 0.178. The number of nitrogens with zero attached hydrogens (tertiary/aromatic N) is 1. The van der Waals surface area contributed by atoms with E-state index in [1.807, 2.05) is 36.4 Å². The first-order valence-corrected chi connectivity index (χ1v) is 9.00. The summed E-state index contributed by atoms with van der Waals surface area (Å²) in [5.74, 6) is 0.145. The number of piperidine rings is 1. The van der Waals surface area contributed by atoms with Crippen LogP contribution in [0.25, 0.3) is 0 Å². The SMILES string of the molecule is Nc1ccc(C(=O)Nc2ccccc2)cc1N1CCC(CNC(=O)O)CC1. The van der Waals surface area contributed by atoms with Crippen molar-refractivity contribution in [3.8, 4) is 0 Å². The molecule has 142 valence electrons. The van der Waals surface area contributed by atoms with Crippen molar-refractivity contribution in [2.45, 2.75) is 12.8 Å². The maximum atomic E-state index is 12.5. The molecule has 1 saturated heterocycles. The van der Waals surface area contributed by atoms with Crippen LogP contribution < -0.4 is 21.3 Å². The van der Waals surface area contributed by atoms with Gasteiger partial charge in [-0.15, -0.1) is 0 Å². The van der Waals surface area contributed by atoms with Crippen LogP contribution in [0.5, 0.6) is 0 Å². The van der Waals surface area contributed by atoms with E-state index >= 15 is 0 Å². The van der Waals surface area contributed by atoms with Crippen molar-refractivity contribution >= 4 is 29.1 Å². The molecule has 1 aliphatic heterocycles. The van der Waals surface area contributed by atoms with Gasteiger partial charge in [0, 0.05) is 30.9 Å². The number of hydrogen-bond acceptors (Lipinski definition) is 4. The smallest absolute Gasteiger partial charge is 0.404 e. The molecule has 0 atom stereocenters. The van der Waals surface area contributed by atoms with Crippen LogP contribution in [0.3, 0.4) is 0 Å². The van der Waals surface area contributed by atoms with E-state index in [-0.39, 0.29) is 5.91 Å². The van der Waals surface area contributed by atoms with E-state index in [9.17, 15) is 9.59 Å². The largest absolute Gasteiger partial charge is 0.465 e. The molecule has 0 radical (unpaired) electrons. The van der Waals surface area contributed by atoms with E-state index < -0.39 is 6.09 Å². The first-order chi connectivity index (χ1) is 13.0. The minimum Gasteiger partial charge on any atom is -0.465 e. The topological polar surface area (TPSA) is 108 Å². The summed E-state index contributed by atoms with van der Waals surface area (Å²) in [5, 5.41) is 14.1. The molecule has 5 N–H and O–H groups in total. The lowest BCUT2D eigenvalue weighted by atomic mass is 9.96. The number of nitrogens with two attached hydrogens (primary N) is 1. The minimum atomic E-state index is -0.987. The summed E-state index contributed by atoms with van der Waals surface area (Å²) in [6.07, 6.45) is 0.763. The van der Waals surface area contributed by atoms with Crippen LogP contribution in [0.2, 0.25) is 0 Å². The number of nitrogens with one attached hydrogen (secondary N) is 2. The molecule has 1 heterocycles. The van der Waals surface area contributed by atoms with Gasteiger partial charge in [-0.05, 0) is 49.1 Å². The van der Waals surface area contributed by atoms with Gasteiger partial charge in [0.25, 0.3) is 5.91 Å². The van der Waals surface area contributed by atoms with Gasteiger partial charge in [0.15, 0.2) is 0 Å². The molecule has 3 rings (SSSR count). The predicted molar refractivity (Wildman–Crippen MR) is 106 cm³/mol. The van der Waals surface area contributed by atoms with Gasteiger partial charge in [0.05, 0.1) is 11.4 Å². The van der Waals surface area contributed by atoms with Crippen molar-refractivity contribution in [2.75, 3.05) is 35.6 Å². The van der Waals surface area contributed by atoms with Crippen molar-refractivity contribution in [1.29, 1.82) is 0 Å². The average molecular weight is 368 g/mol. The van der Waals surface area contributed by atoms with E-state index in [1.165, 1.54) is 0 Å². The normalized spacial score (nSPS) is 14.6. The average Bonchev–Trinajstić information content (AvgIpc) is 2.68. The van der Waals surface area contributed by atoms with Gasteiger partial charge in [-0.3, -0.25) is 4.79 Å². The molecule has 0 saturated carbocycles. The summed E-state index contributed by atoms with van der Waals surface area (Å²) < 4.78 is 0. The molecule has 1 fully saturated rings. The van der Waals surface area contributed by atoms with Crippen molar-refractivity contribution in [1.82, 2.24) is 5.32 Å². The van der Waals surface area contributed by atoms with Gasteiger partial charge in [-0.1, -0.05) is 18.2 Å². The van der Waals surface area contributed by atoms with E-state index in [1.54, 1.807) is 12.1 Å². The molecule has 7 heteroatoms. The zero-order chi connectivity index (χ0) is 19.2. The van der Waals surface area contributed by atoms with Crippen LogP contribution in [-0.2, 0) is 0 Å². The third-order valence-electron chi connectivity index (χ3n) is 4.82. The van der Waals surface area contributed by atoms with Crippen LogP contribution in [0, 0.1) is 5.92 Å². The maximum absolute atomic E-state index is 12.5. The quantitative estimate of drug-likeness (QED) is 0.607. The van der Waals surface area contributed by atoms with Gasteiger partial charge in [0.1, 0.15) is 0 Å². The highest BCUT2D eigenvalue weighted by Gasteiger charge is 2.22. The summed E-state index contributed by atoms with van der Waals surface area (Å²) in [6, 6.07) is 14.6. The first-order valence-electron chi connectivity index (χ1n) is 9.00. The number of amides is 2. The van der Waals surface area contributed by atoms with Crippen LogP contribution in [-0.4, -0.2) is 36.7 Å². The summed E-state index contributed by atoms with van der Waals surface area (Å²) in [4.78, 5) is 25.3. The van der Waals surface area contributed by atoms with Crippen LogP contribution in [0.1, 0.15) is 23.2 Å². The summed E-state index contributed by atoms with van der Waals surface area (Å²) >= 11 is 0. The fourth-order valence-corrected chi connectivity index (χ4v) is 3.29. The maximum Gasteiger partial charge on any atom is 0.404 e. The highest BCUT2D eigenvalue weighted by Crippen LogP contribution is 2.29. The number of benzene rings is 2. The number of nitrogen functional groups attached to an aromatic ring is 1. The van der Waals surface area contributed by atoms with Gasteiger partial charge in [0.2, 0.25) is 0 Å². The lowest BCUT2D eigenvalue weighted by Gasteiger charge is -2.34. The highest BCUT2D eigenvalue weighted by molar-refractivity contribution is 6.05. The standard InChI is InChI=1S/C20H24N4O3/c21-17-7-6-15(19(25)23-16-4-2-1-3-5-16)12-18(17)24-10-8-14(9-11-24)13-22-20(26)27/h1-7,12,14,22H,8-11,13,21H2,(H,23,25)(H,26,27). The van der Waals surface area contributed by atoms with Crippen molar-refractivity contribution in [3.63, 3.8) is 0 Å². The van der Waals surface area contributed by atoms with E-state index in [2.05, 4.69) is 15.5 Å². The number of para-hydroxylation sites is 1. The Morgan fingerprint density at radius 2 is 1.81 bits per heavy atom. The summed E-state index contributed by atoms with van der Waals surface area (Å²) in [7, 11) is 0. The van der Waals surface area contributed by atoms with Crippen LogP contribution >= 0.6 is 0 Å². The van der Waals surface area contributed by atoms with Gasteiger partial charge in [-0.2, -0.15) is 0 Å². The van der Waals surface area contributed by atoms with Crippen LogP contribution in [0.15, 0.2) is 48.5 Å². The monoisotopic (exact) mass is 368 g/mol. The Morgan fingerprint density at radius 3 is 2.48 bits per heavy atom. The van der Waals surface area contributed by atoms with Crippen molar-refractivity contribution < 1.29 is 14.7 Å². The Morgan fingerprint density at radius 1 is 1.11 bits per heavy atom. The summed E-state index contributed by atoms with van der Waals surface area (Å²) in [6.45, 7) is 2.03. The Kier molecular flexibility index (Phi) is 5.80. The number of anilines is 3. The first kappa shape index (κ1) is 18.6. The van der Waals surface area contributed by atoms with E-state index in [0.717, 1.165) is 37.3 Å². The third-order valence-corrected chi connectivity index (χ3v) is 4.82. The fraction of sp³-hybridized carbons (Fsp3) is 0.300. The second-order valence-electron chi connectivity index (χ2n) is 6.71. The fourth-order valence-electron chi connectivity index (χ4n) is 3.29. The van der Waals surface area contributed by atoms with E-state index in [4.69, 9.17) is 10.8 Å². The lowest BCUT2D eigenvalue weighted by molar-refractivity contribution is 0.102. The molecule has 0 aromatic heterocycles. The molecular weight excluding hydrogens is 344 g/mol. The molecule has 27 heavy (non-hydrogen) atoms. The Balaban J connectivity index is 1.65. The molecule has 0 bridgehead atoms.